The summed E-state index contributed by atoms with van der Waals surface area (Å²) in [5.41, 5.74) is 2.41. The summed E-state index contributed by atoms with van der Waals surface area (Å²) in [6, 6.07) is 16.2. The Balaban J connectivity index is 1.73. The first-order chi connectivity index (χ1) is 12.8. The van der Waals surface area contributed by atoms with Crippen molar-refractivity contribution in [3.63, 3.8) is 0 Å². The third kappa shape index (κ3) is 3.12. The van der Waals surface area contributed by atoms with Crippen LogP contribution in [-0.2, 0) is 0 Å². The van der Waals surface area contributed by atoms with Crippen LogP contribution in [0.4, 0.5) is 0 Å². The molecule has 130 valence electrons. The molecule has 4 rings (SSSR count). The first-order valence-corrected chi connectivity index (χ1v) is 8.87. The average Bonchev–Trinajstić information content (AvgIpc) is 3.11. The molecule has 2 aromatic carbocycles. The van der Waals surface area contributed by atoms with Gasteiger partial charge in [0.05, 0.1) is 17.1 Å². The van der Waals surface area contributed by atoms with Crippen LogP contribution in [0, 0.1) is 11.3 Å². The van der Waals surface area contributed by atoms with Crippen molar-refractivity contribution < 1.29 is 4.74 Å². The van der Waals surface area contributed by atoms with Gasteiger partial charge < -0.3 is 4.74 Å². The Morgan fingerprint density at radius 1 is 1.27 bits per heavy atom. The van der Waals surface area contributed by atoms with Gasteiger partial charge in [0.15, 0.2) is 6.23 Å². The number of fused-ring (bicyclic) bond motifs is 1. The number of rotatable bonds is 4. The normalized spacial score (nSPS) is 18.5. The van der Waals surface area contributed by atoms with E-state index in [0.717, 1.165) is 41.6 Å². The minimum Gasteiger partial charge on any atom is -0.471 e. The quantitative estimate of drug-likeness (QED) is 0.714. The summed E-state index contributed by atoms with van der Waals surface area (Å²) in [5.74, 6) is 0.744. The van der Waals surface area contributed by atoms with E-state index in [2.05, 4.69) is 27.9 Å². The van der Waals surface area contributed by atoms with E-state index in [4.69, 9.17) is 4.74 Å². The van der Waals surface area contributed by atoms with Gasteiger partial charge in [0.1, 0.15) is 12.1 Å². The molecule has 5 nitrogen and oxygen atoms in total. The van der Waals surface area contributed by atoms with E-state index < -0.39 is 0 Å². The summed E-state index contributed by atoms with van der Waals surface area (Å²) in [6.45, 7) is 3.17. The zero-order valence-corrected chi connectivity index (χ0v) is 14.7. The molecule has 0 bridgehead atoms. The van der Waals surface area contributed by atoms with E-state index in [-0.39, 0.29) is 6.23 Å². The van der Waals surface area contributed by atoms with Gasteiger partial charge >= 0.3 is 0 Å². The molecule has 3 aromatic rings. The summed E-state index contributed by atoms with van der Waals surface area (Å²) >= 11 is 0. The molecule has 2 unspecified atom stereocenters. The van der Waals surface area contributed by atoms with E-state index in [9.17, 15) is 5.26 Å². The van der Waals surface area contributed by atoms with Crippen LogP contribution in [0.25, 0.3) is 10.9 Å². The van der Waals surface area contributed by atoms with Crippen LogP contribution in [0.2, 0.25) is 0 Å². The molecule has 5 heteroatoms. The van der Waals surface area contributed by atoms with Crippen molar-refractivity contribution in [2.75, 3.05) is 6.54 Å². The van der Waals surface area contributed by atoms with Crippen molar-refractivity contribution in [2.24, 2.45) is 0 Å². The van der Waals surface area contributed by atoms with E-state index in [1.165, 1.54) is 6.33 Å². The SMILES string of the molecule is CC1CCCN1C(Oc1ccc2cncnc2c1)c1ccccc1C#N. The minimum absolute atomic E-state index is 0.289. The molecule has 26 heavy (non-hydrogen) atoms. The maximum absolute atomic E-state index is 9.54. The van der Waals surface area contributed by atoms with Gasteiger partial charge in [0, 0.05) is 35.8 Å². The molecular weight excluding hydrogens is 324 g/mol. The maximum Gasteiger partial charge on any atom is 0.180 e. The molecule has 0 N–H and O–H groups in total. The lowest BCUT2D eigenvalue weighted by molar-refractivity contribution is 0.0185. The van der Waals surface area contributed by atoms with Crippen LogP contribution in [0.1, 0.15) is 37.1 Å². The molecule has 0 spiro atoms. The van der Waals surface area contributed by atoms with Gasteiger partial charge in [-0.1, -0.05) is 18.2 Å². The van der Waals surface area contributed by atoms with Crippen LogP contribution in [-0.4, -0.2) is 27.5 Å². The molecule has 1 saturated heterocycles. The van der Waals surface area contributed by atoms with Gasteiger partial charge in [0.2, 0.25) is 0 Å². The van der Waals surface area contributed by atoms with Crippen LogP contribution in [0.15, 0.2) is 55.0 Å². The van der Waals surface area contributed by atoms with Gasteiger partial charge in [-0.25, -0.2) is 9.97 Å². The molecule has 0 saturated carbocycles. The Hall–Kier alpha value is -2.97. The fraction of sp³-hybridized carbons (Fsp3) is 0.286. The Morgan fingerprint density at radius 2 is 2.15 bits per heavy atom. The molecule has 0 aliphatic carbocycles. The predicted molar refractivity (Wildman–Crippen MR) is 99.5 cm³/mol. The summed E-state index contributed by atoms with van der Waals surface area (Å²) < 4.78 is 6.42. The lowest BCUT2D eigenvalue weighted by Gasteiger charge is -2.32. The predicted octanol–water partition coefficient (Wildman–Crippen LogP) is 4.06. The molecule has 1 aliphatic heterocycles. The number of ether oxygens (including phenoxy) is 1. The fourth-order valence-electron chi connectivity index (χ4n) is 3.58. The van der Waals surface area contributed by atoms with Crippen molar-refractivity contribution in [1.82, 2.24) is 14.9 Å². The second-order valence-corrected chi connectivity index (χ2v) is 6.64. The van der Waals surface area contributed by atoms with Crippen molar-refractivity contribution in [2.45, 2.75) is 32.0 Å². The smallest absolute Gasteiger partial charge is 0.180 e. The maximum atomic E-state index is 9.54. The molecule has 1 fully saturated rings. The second-order valence-electron chi connectivity index (χ2n) is 6.64. The van der Waals surface area contributed by atoms with E-state index >= 15 is 0 Å². The second kappa shape index (κ2) is 7.11. The summed E-state index contributed by atoms with van der Waals surface area (Å²) in [4.78, 5) is 10.7. The van der Waals surface area contributed by atoms with Gasteiger partial charge in [-0.3, -0.25) is 4.90 Å². The number of likely N-dealkylation sites (tertiary alicyclic amines) is 1. The van der Waals surface area contributed by atoms with Gasteiger partial charge in [-0.15, -0.1) is 0 Å². The number of nitrogens with zero attached hydrogens (tertiary/aromatic N) is 4. The Morgan fingerprint density at radius 3 is 2.96 bits per heavy atom. The van der Waals surface area contributed by atoms with Gasteiger partial charge in [-0.05, 0) is 38.0 Å². The van der Waals surface area contributed by atoms with Crippen molar-refractivity contribution >= 4 is 10.9 Å². The Labute approximate surface area is 152 Å². The highest BCUT2D eigenvalue weighted by molar-refractivity contribution is 5.78. The number of hydrogen-bond acceptors (Lipinski definition) is 5. The van der Waals surface area contributed by atoms with Gasteiger partial charge in [-0.2, -0.15) is 5.26 Å². The lowest BCUT2D eigenvalue weighted by atomic mass is 10.1. The molecular formula is C21H20N4O. The Bertz CT molecular complexity index is 965. The molecule has 1 aliphatic rings. The van der Waals surface area contributed by atoms with Crippen molar-refractivity contribution in [1.29, 1.82) is 5.26 Å². The minimum atomic E-state index is -0.289. The zero-order valence-electron chi connectivity index (χ0n) is 14.7. The average molecular weight is 344 g/mol. The summed E-state index contributed by atoms with van der Waals surface area (Å²) in [7, 11) is 0. The zero-order chi connectivity index (χ0) is 17.9. The largest absolute Gasteiger partial charge is 0.471 e. The molecule has 0 radical (unpaired) electrons. The van der Waals surface area contributed by atoms with Crippen LogP contribution in [0.5, 0.6) is 5.75 Å². The summed E-state index contributed by atoms with van der Waals surface area (Å²) in [6.07, 6.45) is 5.32. The third-order valence-corrected chi connectivity index (χ3v) is 4.98. The van der Waals surface area contributed by atoms with Crippen molar-refractivity contribution in [3.8, 4) is 11.8 Å². The van der Waals surface area contributed by atoms with E-state index in [1.807, 2.05) is 42.5 Å². The number of aromatic nitrogens is 2. The standard InChI is InChI=1S/C21H20N4O/c1-15-5-4-10-25(15)21(19-7-3-2-6-16(19)12-22)26-18-9-8-17-13-23-14-24-20(17)11-18/h2-3,6-9,11,13-15,21H,4-5,10H2,1H3. The molecule has 1 aromatic heterocycles. The summed E-state index contributed by atoms with van der Waals surface area (Å²) in [5, 5.41) is 10.5. The lowest BCUT2D eigenvalue weighted by Crippen LogP contribution is -2.35. The first-order valence-electron chi connectivity index (χ1n) is 8.87. The highest BCUT2D eigenvalue weighted by Gasteiger charge is 2.31. The number of benzene rings is 2. The molecule has 2 atom stereocenters. The topological polar surface area (TPSA) is 62.0 Å². The molecule has 2 heterocycles. The first kappa shape index (κ1) is 16.5. The number of nitriles is 1. The third-order valence-electron chi connectivity index (χ3n) is 4.98. The van der Waals surface area contributed by atoms with Crippen LogP contribution >= 0.6 is 0 Å². The van der Waals surface area contributed by atoms with E-state index in [0.29, 0.717) is 11.6 Å². The number of hydrogen-bond donors (Lipinski definition) is 0. The van der Waals surface area contributed by atoms with E-state index in [1.54, 1.807) is 6.20 Å². The monoisotopic (exact) mass is 344 g/mol. The van der Waals surface area contributed by atoms with Gasteiger partial charge in [0.25, 0.3) is 0 Å². The van der Waals surface area contributed by atoms with Crippen molar-refractivity contribution in [3.05, 3.63) is 66.1 Å². The van der Waals surface area contributed by atoms with Crippen LogP contribution < -0.4 is 4.74 Å². The highest BCUT2D eigenvalue weighted by atomic mass is 16.5. The highest BCUT2D eigenvalue weighted by Crippen LogP contribution is 2.33. The fourth-order valence-corrected chi connectivity index (χ4v) is 3.58. The Kier molecular flexibility index (Phi) is 4.51. The van der Waals surface area contributed by atoms with Crippen LogP contribution in [0.3, 0.4) is 0 Å². The molecule has 0 amide bonds.